The van der Waals surface area contributed by atoms with Crippen LogP contribution in [0.1, 0.15) is 124 Å². The van der Waals surface area contributed by atoms with Gasteiger partial charge in [0, 0.05) is 10.8 Å². The van der Waals surface area contributed by atoms with Crippen LogP contribution in [0.3, 0.4) is 0 Å². The van der Waals surface area contributed by atoms with E-state index in [4.69, 9.17) is 4.74 Å². The van der Waals surface area contributed by atoms with Gasteiger partial charge in [0.1, 0.15) is 6.10 Å². The summed E-state index contributed by atoms with van der Waals surface area (Å²) in [6.07, 6.45) is 21.3. The average Bonchev–Trinajstić information content (AvgIpc) is 3.07. The van der Waals surface area contributed by atoms with Gasteiger partial charge in [0.05, 0.1) is 0 Å². The molecule has 0 bridgehead atoms. The van der Waals surface area contributed by atoms with Crippen LogP contribution >= 0.6 is 22.6 Å². The van der Waals surface area contributed by atoms with Gasteiger partial charge in [-0.1, -0.05) is 81.9 Å². The molecule has 4 saturated carbocycles. The molecule has 9 atom stereocenters. The molecule has 0 N–H and O–H groups in total. The van der Waals surface area contributed by atoms with Crippen molar-refractivity contribution in [2.24, 2.45) is 40.4 Å². The van der Waals surface area contributed by atoms with E-state index in [1.165, 1.54) is 89.9 Å². The van der Waals surface area contributed by atoms with Crippen molar-refractivity contribution in [2.75, 3.05) is 0 Å². The second kappa shape index (κ2) is 10.4. The molecule has 3 heteroatoms. The van der Waals surface area contributed by atoms with Crippen molar-refractivity contribution < 1.29 is 9.53 Å². The third-order valence-electron chi connectivity index (χ3n) is 11.0. The molecule has 32 heavy (non-hydrogen) atoms. The monoisotopic (exact) mass is 556 g/mol. The van der Waals surface area contributed by atoms with Gasteiger partial charge >= 0.3 is 5.97 Å². The molecule has 0 saturated heterocycles. The summed E-state index contributed by atoms with van der Waals surface area (Å²) in [5.74, 6) is 4.46. The maximum atomic E-state index is 11.8. The number of carbonyl (C=O) groups is 1. The summed E-state index contributed by atoms with van der Waals surface area (Å²) in [6, 6.07) is 0. The highest BCUT2D eigenvalue weighted by atomic mass is 127. The second-order valence-electron chi connectivity index (χ2n) is 12.6. The normalized spacial score (nSPS) is 45.6. The van der Waals surface area contributed by atoms with Crippen molar-refractivity contribution in [1.29, 1.82) is 0 Å². The molecule has 0 aromatic carbocycles. The number of esters is 1. The van der Waals surface area contributed by atoms with Gasteiger partial charge in [-0.25, -0.2) is 0 Å². The first-order valence-electron chi connectivity index (χ1n) is 14.1. The quantitative estimate of drug-likeness (QED) is 0.129. The van der Waals surface area contributed by atoms with Crippen molar-refractivity contribution in [2.45, 2.75) is 134 Å². The summed E-state index contributed by atoms with van der Waals surface area (Å²) in [4.78, 5) is 11.8. The van der Waals surface area contributed by atoms with Crippen LogP contribution in [0.25, 0.3) is 0 Å². The van der Waals surface area contributed by atoms with Crippen LogP contribution in [-0.2, 0) is 9.53 Å². The molecule has 0 heterocycles. The molecule has 2 nitrogen and oxygen atoms in total. The SMILES string of the molecule is CCCCCCCCC1CCC2C3CC[C@H]4C[C@H](I)[C@@H](OC(C)=O)C[C@]4(C)C3CC[C@]12C. The summed E-state index contributed by atoms with van der Waals surface area (Å²) < 4.78 is 6.35. The predicted molar refractivity (Wildman–Crippen MR) is 142 cm³/mol. The number of carbonyl (C=O) groups excluding carboxylic acids is 1. The van der Waals surface area contributed by atoms with Crippen LogP contribution in [0.2, 0.25) is 0 Å². The molecule has 0 aromatic rings. The van der Waals surface area contributed by atoms with Crippen molar-refractivity contribution in [3.63, 3.8) is 0 Å². The van der Waals surface area contributed by atoms with Gasteiger partial charge in [-0.2, -0.15) is 0 Å². The third-order valence-corrected chi connectivity index (χ3v) is 12.3. The fourth-order valence-electron chi connectivity index (χ4n) is 9.31. The summed E-state index contributed by atoms with van der Waals surface area (Å²) >= 11 is 2.57. The number of alkyl halides is 1. The minimum absolute atomic E-state index is 0.0874. The van der Waals surface area contributed by atoms with Crippen molar-refractivity contribution in [1.82, 2.24) is 0 Å². The van der Waals surface area contributed by atoms with Gasteiger partial charge in [-0.05, 0) is 98.2 Å². The lowest BCUT2D eigenvalue weighted by Gasteiger charge is -2.61. The molecule has 4 fully saturated rings. The summed E-state index contributed by atoms with van der Waals surface area (Å²) in [7, 11) is 0. The van der Waals surface area contributed by atoms with Crippen molar-refractivity contribution >= 4 is 28.6 Å². The first-order valence-corrected chi connectivity index (χ1v) is 15.4. The number of hydrogen-bond acceptors (Lipinski definition) is 2. The van der Waals surface area contributed by atoms with Crippen LogP contribution in [0.15, 0.2) is 0 Å². The number of halogens is 1. The third kappa shape index (κ3) is 4.81. The molecule has 0 spiro atoms. The zero-order valence-corrected chi connectivity index (χ0v) is 23.5. The molecule has 184 valence electrons. The van der Waals surface area contributed by atoms with Crippen LogP contribution < -0.4 is 0 Å². The van der Waals surface area contributed by atoms with Gasteiger partial charge in [-0.3, -0.25) is 4.79 Å². The Labute approximate surface area is 211 Å². The van der Waals surface area contributed by atoms with E-state index in [2.05, 4.69) is 43.4 Å². The maximum absolute atomic E-state index is 11.8. The van der Waals surface area contributed by atoms with E-state index >= 15 is 0 Å². The minimum atomic E-state index is -0.0874. The summed E-state index contributed by atoms with van der Waals surface area (Å²) in [5, 5.41) is 0. The Kier molecular flexibility index (Phi) is 8.26. The van der Waals surface area contributed by atoms with E-state index in [9.17, 15) is 4.79 Å². The zero-order chi connectivity index (χ0) is 22.9. The molecule has 4 aliphatic carbocycles. The molecule has 4 aliphatic rings. The lowest BCUT2D eigenvalue weighted by molar-refractivity contribution is -0.161. The van der Waals surface area contributed by atoms with Crippen LogP contribution in [-0.4, -0.2) is 16.0 Å². The smallest absolute Gasteiger partial charge is 0.302 e. The predicted octanol–water partition coefficient (Wildman–Crippen LogP) is 8.74. The molecule has 4 rings (SSSR count). The molecular weight excluding hydrogens is 507 g/mol. The molecular formula is C29H49IO2. The topological polar surface area (TPSA) is 26.3 Å². The Bertz CT molecular complexity index is 649. The highest BCUT2D eigenvalue weighted by molar-refractivity contribution is 14.1. The van der Waals surface area contributed by atoms with E-state index in [0.717, 1.165) is 36.0 Å². The largest absolute Gasteiger partial charge is 0.461 e. The van der Waals surface area contributed by atoms with Gasteiger partial charge in [0.25, 0.3) is 0 Å². The Morgan fingerprint density at radius 2 is 1.66 bits per heavy atom. The lowest BCUT2D eigenvalue weighted by Crippen LogP contribution is -2.56. The average molecular weight is 557 g/mol. The van der Waals surface area contributed by atoms with E-state index in [0.29, 0.717) is 14.8 Å². The zero-order valence-electron chi connectivity index (χ0n) is 21.3. The fourth-order valence-corrected chi connectivity index (χ4v) is 10.3. The van der Waals surface area contributed by atoms with Crippen LogP contribution in [0, 0.1) is 40.4 Å². The summed E-state index contributed by atoms with van der Waals surface area (Å²) in [5.41, 5.74) is 0.979. The standard InChI is InChI=1S/C29H49IO2/c1-5-6-7-8-9-10-11-21-13-15-24-23-14-12-22-18-26(30)27(32-20(2)31)19-29(22,4)25(23)16-17-28(21,24)3/h21-27H,5-19H2,1-4H3/t21?,22-,23?,24?,25?,26-,27-,28+,29-/m0/s1. The fraction of sp³-hybridized carbons (Fsp3) is 0.966. The number of unbranched alkanes of at least 4 members (excludes halogenated alkanes) is 5. The highest BCUT2D eigenvalue weighted by Gasteiger charge is 2.61. The van der Waals surface area contributed by atoms with Gasteiger partial charge in [0.15, 0.2) is 0 Å². The molecule has 0 aromatic heterocycles. The summed E-state index contributed by atoms with van der Waals surface area (Å²) in [6.45, 7) is 9.20. The maximum Gasteiger partial charge on any atom is 0.302 e. The Morgan fingerprint density at radius 1 is 0.938 bits per heavy atom. The van der Waals surface area contributed by atoms with Crippen LogP contribution in [0.4, 0.5) is 0 Å². The van der Waals surface area contributed by atoms with E-state index in [1.54, 1.807) is 6.92 Å². The molecule has 0 aliphatic heterocycles. The van der Waals surface area contributed by atoms with Crippen molar-refractivity contribution in [3.05, 3.63) is 0 Å². The lowest BCUT2D eigenvalue weighted by atomic mass is 9.44. The number of rotatable bonds is 8. The molecule has 0 radical (unpaired) electrons. The molecule has 4 unspecified atom stereocenters. The number of ether oxygens (including phenoxy) is 1. The molecule has 0 amide bonds. The minimum Gasteiger partial charge on any atom is -0.461 e. The second-order valence-corrected chi connectivity index (χ2v) is 14.2. The van der Waals surface area contributed by atoms with E-state index in [1.807, 2.05) is 0 Å². The highest BCUT2D eigenvalue weighted by Crippen LogP contribution is 2.68. The van der Waals surface area contributed by atoms with E-state index in [-0.39, 0.29) is 12.1 Å². The number of fused-ring (bicyclic) bond motifs is 5. The first kappa shape index (κ1) is 25.3. The Balaban J connectivity index is 1.40. The van der Waals surface area contributed by atoms with E-state index < -0.39 is 0 Å². The van der Waals surface area contributed by atoms with Gasteiger partial charge in [-0.15, -0.1) is 0 Å². The Hall–Kier alpha value is 0.200. The van der Waals surface area contributed by atoms with Crippen molar-refractivity contribution in [3.8, 4) is 0 Å². The first-order chi connectivity index (χ1) is 15.3. The number of hydrogen-bond donors (Lipinski definition) is 0. The van der Waals surface area contributed by atoms with Crippen LogP contribution in [0.5, 0.6) is 0 Å². The Morgan fingerprint density at radius 3 is 2.41 bits per heavy atom. The van der Waals surface area contributed by atoms with Gasteiger partial charge < -0.3 is 4.74 Å². The van der Waals surface area contributed by atoms with Gasteiger partial charge in [0.2, 0.25) is 0 Å².